The van der Waals surface area contributed by atoms with E-state index in [-0.39, 0.29) is 25.0 Å². The molecule has 0 fully saturated rings. The molecule has 0 aliphatic rings. The molecule has 4 rings (SSSR count). The van der Waals surface area contributed by atoms with E-state index in [0.717, 1.165) is 11.1 Å². The van der Waals surface area contributed by atoms with Crippen molar-refractivity contribution >= 4 is 65.0 Å². The Labute approximate surface area is 338 Å². The molecule has 0 spiro atoms. The SMILES string of the molecule is C[C@@H](O)[C@H](NC(=O)[C@@H](N)Cc1ccccc1)C(=O)N[C@@H](Cc1ccccc1)C(=O)N[C@@H](CC(=O)O)C(=O)N[C@@H](Cc1c[nH]c2ccccc12)C(=O)N[C@@H](CS)C(=O)O. The number of carboxylic acids is 2. The number of aliphatic hydroxyl groups is 1. The lowest BCUT2D eigenvalue weighted by Gasteiger charge is -2.27. The van der Waals surface area contributed by atoms with Crippen molar-refractivity contribution < 1.29 is 48.9 Å². The molecule has 58 heavy (non-hydrogen) atoms. The molecule has 0 aliphatic carbocycles. The number of hydrogen-bond acceptors (Lipinski definition) is 10. The third-order valence-corrected chi connectivity index (χ3v) is 9.52. The van der Waals surface area contributed by atoms with Crippen LogP contribution in [0.15, 0.2) is 91.1 Å². The topological polar surface area (TPSA) is 282 Å². The minimum Gasteiger partial charge on any atom is -0.481 e. The zero-order valence-corrected chi connectivity index (χ0v) is 32.4. The van der Waals surface area contributed by atoms with E-state index in [4.69, 9.17) is 5.73 Å². The summed E-state index contributed by atoms with van der Waals surface area (Å²) in [6, 6.07) is 15.6. The van der Waals surface area contributed by atoms with Gasteiger partial charge in [-0.1, -0.05) is 78.9 Å². The Bertz CT molecular complexity index is 2060. The van der Waals surface area contributed by atoms with Gasteiger partial charge < -0.3 is 52.6 Å². The van der Waals surface area contributed by atoms with Gasteiger partial charge in [-0.15, -0.1) is 0 Å². The molecule has 0 saturated carbocycles. The van der Waals surface area contributed by atoms with Gasteiger partial charge in [-0.3, -0.25) is 28.8 Å². The first-order valence-electron chi connectivity index (χ1n) is 18.3. The average molecular weight is 818 g/mol. The molecule has 18 heteroatoms. The van der Waals surface area contributed by atoms with Gasteiger partial charge in [0.1, 0.15) is 30.2 Å². The zero-order chi connectivity index (χ0) is 42.4. The molecule has 17 nitrogen and oxygen atoms in total. The largest absolute Gasteiger partial charge is 0.481 e. The van der Waals surface area contributed by atoms with Crippen molar-refractivity contribution in [3.05, 3.63) is 108 Å². The molecule has 1 heterocycles. The van der Waals surface area contributed by atoms with E-state index < -0.39 is 90.3 Å². The van der Waals surface area contributed by atoms with Gasteiger partial charge in [0.25, 0.3) is 0 Å². The normalized spacial score (nSPS) is 14.7. The number of thiol groups is 1. The Balaban J connectivity index is 1.57. The summed E-state index contributed by atoms with van der Waals surface area (Å²) in [4.78, 5) is 94.8. The number of nitrogens with two attached hydrogens (primary N) is 1. The molecule has 0 aliphatic heterocycles. The van der Waals surface area contributed by atoms with Crippen molar-refractivity contribution in [2.45, 2.75) is 75.0 Å². The van der Waals surface area contributed by atoms with Gasteiger partial charge in [0, 0.05) is 35.7 Å². The van der Waals surface area contributed by atoms with Gasteiger partial charge in [0.15, 0.2) is 0 Å². The number of para-hydroxylation sites is 1. The molecule has 0 bridgehead atoms. The molecule has 7 atom stereocenters. The minimum absolute atomic E-state index is 0.131. The number of benzene rings is 3. The van der Waals surface area contributed by atoms with Crippen molar-refractivity contribution in [3.63, 3.8) is 0 Å². The van der Waals surface area contributed by atoms with Gasteiger partial charge >= 0.3 is 11.9 Å². The number of amides is 5. The van der Waals surface area contributed by atoms with Crippen molar-refractivity contribution in [2.24, 2.45) is 5.73 Å². The predicted octanol–water partition coefficient (Wildman–Crippen LogP) is -0.183. The Morgan fingerprint density at radius 2 is 1.14 bits per heavy atom. The lowest BCUT2D eigenvalue weighted by Crippen LogP contribution is -2.61. The highest BCUT2D eigenvalue weighted by molar-refractivity contribution is 7.80. The summed E-state index contributed by atoms with van der Waals surface area (Å²) in [5, 5.41) is 42.6. The first-order valence-corrected chi connectivity index (χ1v) is 18.9. The number of nitrogens with one attached hydrogen (secondary N) is 6. The second-order valence-electron chi connectivity index (χ2n) is 13.6. The predicted molar refractivity (Wildman–Crippen MR) is 215 cm³/mol. The highest BCUT2D eigenvalue weighted by Crippen LogP contribution is 2.19. The molecule has 0 radical (unpaired) electrons. The number of carbonyl (C=O) groups is 7. The molecule has 3 aromatic carbocycles. The number of H-pyrrole nitrogens is 1. The van der Waals surface area contributed by atoms with Gasteiger partial charge in [-0.25, -0.2) is 4.79 Å². The summed E-state index contributed by atoms with van der Waals surface area (Å²) in [6.45, 7) is 1.25. The Hall–Kier alpha value is -6.24. The number of aliphatic carboxylic acids is 2. The molecule has 11 N–H and O–H groups in total. The summed E-state index contributed by atoms with van der Waals surface area (Å²) in [5.41, 5.74) is 8.70. The fraction of sp³-hybridized carbons (Fsp3) is 0.325. The molecule has 0 saturated heterocycles. The Kier molecular flexibility index (Phi) is 16.4. The molecule has 0 unspecified atom stereocenters. The molecule has 4 aromatic rings. The van der Waals surface area contributed by atoms with Crippen LogP contribution in [0.1, 0.15) is 30.0 Å². The zero-order valence-electron chi connectivity index (χ0n) is 31.5. The standard InChI is InChI=1S/C40H47N7O10S/c1-22(48)34(47-35(51)27(41)16-23-10-4-2-5-11-23)39(55)45-29(17-24-12-6-3-7-13-24)36(52)44-31(19-33(49)50)38(54)43-30(37(53)46-32(21-58)40(56)57)18-25-20-42-28-15-9-8-14-26(25)28/h2-15,20,22,27,29-32,34,42,48,58H,16-19,21,41H2,1H3,(H,43,54)(H,44,52)(H,45,55)(H,46,53)(H,47,51)(H,49,50)(H,56,57)/t22-,27+,29+,30+,31+,32+,34+/m1/s1. The maximum absolute atomic E-state index is 14.0. The van der Waals surface area contributed by atoms with Crippen LogP contribution in [-0.2, 0) is 52.8 Å². The van der Waals surface area contributed by atoms with Crippen LogP contribution >= 0.6 is 12.6 Å². The number of aromatic nitrogens is 1. The minimum atomic E-state index is -1.80. The van der Waals surface area contributed by atoms with Crippen LogP contribution in [0.25, 0.3) is 10.9 Å². The van der Waals surface area contributed by atoms with Crippen molar-refractivity contribution in [3.8, 4) is 0 Å². The lowest BCUT2D eigenvalue weighted by atomic mass is 10.0. The summed E-state index contributed by atoms with van der Waals surface area (Å²) in [7, 11) is 0. The molecule has 5 amide bonds. The van der Waals surface area contributed by atoms with Crippen LogP contribution in [0.5, 0.6) is 0 Å². The van der Waals surface area contributed by atoms with Crippen molar-refractivity contribution in [2.75, 3.05) is 5.75 Å². The molecule has 1 aromatic heterocycles. The monoisotopic (exact) mass is 817 g/mol. The smallest absolute Gasteiger partial charge is 0.327 e. The van der Waals surface area contributed by atoms with Crippen LogP contribution in [0.4, 0.5) is 0 Å². The summed E-state index contributed by atoms with van der Waals surface area (Å²) in [5.74, 6) is -7.89. The molecular weight excluding hydrogens is 771 g/mol. The fourth-order valence-corrected chi connectivity index (χ4v) is 6.31. The third-order valence-electron chi connectivity index (χ3n) is 9.15. The van der Waals surface area contributed by atoms with E-state index in [1.807, 2.05) is 0 Å². The van der Waals surface area contributed by atoms with Crippen LogP contribution in [0, 0.1) is 0 Å². The number of hydrogen-bond donors (Lipinski definition) is 11. The Morgan fingerprint density at radius 1 is 0.638 bits per heavy atom. The van der Waals surface area contributed by atoms with E-state index in [0.29, 0.717) is 16.5 Å². The third kappa shape index (κ3) is 12.9. The summed E-state index contributed by atoms with van der Waals surface area (Å²) in [6.07, 6.45) is -1.00. The van der Waals surface area contributed by atoms with E-state index in [2.05, 4.69) is 44.2 Å². The summed E-state index contributed by atoms with van der Waals surface area (Å²) < 4.78 is 0. The first kappa shape index (κ1) is 44.5. The fourth-order valence-electron chi connectivity index (χ4n) is 6.06. The van der Waals surface area contributed by atoms with Crippen molar-refractivity contribution in [1.29, 1.82) is 0 Å². The highest BCUT2D eigenvalue weighted by Gasteiger charge is 2.35. The van der Waals surface area contributed by atoms with Gasteiger partial charge in [-0.05, 0) is 36.1 Å². The van der Waals surface area contributed by atoms with Crippen LogP contribution < -0.4 is 32.3 Å². The maximum atomic E-state index is 14.0. The molecule has 308 valence electrons. The number of aliphatic hydroxyl groups excluding tert-OH is 1. The van der Waals surface area contributed by atoms with Crippen molar-refractivity contribution in [1.82, 2.24) is 31.6 Å². The van der Waals surface area contributed by atoms with Crippen LogP contribution in [0.3, 0.4) is 0 Å². The number of aromatic amines is 1. The second kappa shape index (κ2) is 21.3. The van der Waals surface area contributed by atoms with E-state index in [1.54, 1.807) is 91.1 Å². The first-order chi connectivity index (χ1) is 27.7. The number of rotatable bonds is 21. The number of fused-ring (bicyclic) bond motifs is 1. The van der Waals surface area contributed by atoms with Crippen LogP contribution in [-0.4, -0.2) is 110 Å². The maximum Gasteiger partial charge on any atom is 0.327 e. The van der Waals surface area contributed by atoms with Crippen LogP contribution in [0.2, 0.25) is 0 Å². The van der Waals surface area contributed by atoms with E-state index >= 15 is 0 Å². The number of carboxylic acid groups (broad SMARTS) is 2. The van der Waals surface area contributed by atoms with Gasteiger partial charge in [-0.2, -0.15) is 12.6 Å². The lowest BCUT2D eigenvalue weighted by molar-refractivity contribution is -0.143. The van der Waals surface area contributed by atoms with E-state index in [1.165, 1.54) is 6.92 Å². The van der Waals surface area contributed by atoms with Gasteiger partial charge in [0.05, 0.1) is 18.6 Å². The molecular formula is C40H47N7O10S. The Morgan fingerprint density at radius 3 is 1.71 bits per heavy atom. The highest BCUT2D eigenvalue weighted by atomic mass is 32.1. The average Bonchev–Trinajstić information content (AvgIpc) is 3.60. The van der Waals surface area contributed by atoms with E-state index in [9.17, 15) is 48.9 Å². The number of carbonyl (C=O) groups excluding carboxylic acids is 5. The second-order valence-corrected chi connectivity index (χ2v) is 14.0. The quantitative estimate of drug-likeness (QED) is 0.0491. The summed E-state index contributed by atoms with van der Waals surface area (Å²) >= 11 is 3.99. The van der Waals surface area contributed by atoms with Gasteiger partial charge in [0.2, 0.25) is 29.5 Å².